The first-order valence-corrected chi connectivity index (χ1v) is 6.64. The number of aromatic nitrogens is 1. The molecule has 1 atom stereocenters. The highest BCUT2D eigenvalue weighted by Crippen LogP contribution is 2.37. The standard InChI is InChI=1S/C12H18N2O2S/c1-7-10(11(15)16-4)17-12(13-7)14(3)8(2)9-5-6-9/h8-9H,5-6H2,1-4H3. The average molecular weight is 254 g/mol. The molecule has 1 aliphatic carbocycles. The summed E-state index contributed by atoms with van der Waals surface area (Å²) in [6, 6.07) is 0.492. The van der Waals surface area contributed by atoms with Crippen LogP contribution in [0, 0.1) is 12.8 Å². The van der Waals surface area contributed by atoms with Gasteiger partial charge in [-0.15, -0.1) is 0 Å². The topological polar surface area (TPSA) is 42.4 Å². The van der Waals surface area contributed by atoms with Gasteiger partial charge in [-0.2, -0.15) is 0 Å². The fraction of sp³-hybridized carbons (Fsp3) is 0.667. The molecule has 2 rings (SSSR count). The van der Waals surface area contributed by atoms with Gasteiger partial charge in [0, 0.05) is 13.1 Å². The number of anilines is 1. The molecule has 17 heavy (non-hydrogen) atoms. The number of ether oxygens (including phenoxy) is 1. The van der Waals surface area contributed by atoms with Crippen LogP contribution in [0.5, 0.6) is 0 Å². The molecule has 0 aliphatic heterocycles. The van der Waals surface area contributed by atoms with E-state index in [1.165, 1.54) is 31.3 Å². The molecule has 0 aromatic carbocycles. The van der Waals surface area contributed by atoms with Crippen molar-refractivity contribution >= 4 is 22.4 Å². The number of carbonyl (C=O) groups is 1. The van der Waals surface area contributed by atoms with E-state index in [1.54, 1.807) is 0 Å². The van der Waals surface area contributed by atoms with Crippen LogP contribution in [-0.2, 0) is 4.74 Å². The number of nitrogens with zero attached hydrogens (tertiary/aromatic N) is 2. The maximum absolute atomic E-state index is 11.5. The smallest absolute Gasteiger partial charge is 0.350 e. The van der Waals surface area contributed by atoms with Crippen molar-refractivity contribution in [1.82, 2.24) is 4.98 Å². The molecule has 0 spiro atoms. The van der Waals surface area contributed by atoms with Gasteiger partial charge in [0.05, 0.1) is 12.8 Å². The van der Waals surface area contributed by atoms with Crippen LogP contribution in [0.15, 0.2) is 0 Å². The highest BCUT2D eigenvalue weighted by Gasteiger charge is 2.32. The molecule has 4 nitrogen and oxygen atoms in total. The number of methoxy groups -OCH3 is 1. The summed E-state index contributed by atoms with van der Waals surface area (Å²) in [5, 5.41) is 0.905. The third kappa shape index (κ3) is 2.44. The summed E-state index contributed by atoms with van der Waals surface area (Å²) in [4.78, 5) is 18.7. The Kier molecular flexibility index (Phi) is 3.38. The number of hydrogen-bond acceptors (Lipinski definition) is 5. The van der Waals surface area contributed by atoms with Gasteiger partial charge in [0.1, 0.15) is 4.88 Å². The summed E-state index contributed by atoms with van der Waals surface area (Å²) in [5.74, 6) is 0.490. The Labute approximate surface area is 106 Å². The quantitative estimate of drug-likeness (QED) is 0.774. The molecule has 1 unspecified atom stereocenters. The third-order valence-corrected chi connectivity index (χ3v) is 4.60. The van der Waals surface area contributed by atoms with Crippen LogP contribution in [0.4, 0.5) is 5.13 Å². The first kappa shape index (κ1) is 12.4. The molecule has 1 aliphatic rings. The summed E-state index contributed by atoms with van der Waals surface area (Å²) in [6.45, 7) is 4.06. The summed E-state index contributed by atoms with van der Waals surface area (Å²) in [7, 11) is 3.44. The lowest BCUT2D eigenvalue weighted by atomic mass is 10.2. The highest BCUT2D eigenvalue weighted by atomic mass is 32.1. The van der Waals surface area contributed by atoms with Gasteiger partial charge in [0.25, 0.3) is 0 Å². The van der Waals surface area contributed by atoms with Crippen LogP contribution in [0.25, 0.3) is 0 Å². The molecule has 0 N–H and O–H groups in total. The van der Waals surface area contributed by atoms with Gasteiger partial charge in [-0.3, -0.25) is 0 Å². The summed E-state index contributed by atoms with van der Waals surface area (Å²) >= 11 is 1.41. The molecule has 94 valence electrons. The summed E-state index contributed by atoms with van der Waals surface area (Å²) in [5.41, 5.74) is 0.756. The van der Waals surface area contributed by atoms with Crippen LogP contribution < -0.4 is 4.90 Å². The molecule has 1 heterocycles. The minimum Gasteiger partial charge on any atom is -0.465 e. The van der Waals surface area contributed by atoms with Crippen LogP contribution in [-0.4, -0.2) is 31.2 Å². The lowest BCUT2D eigenvalue weighted by Gasteiger charge is -2.23. The zero-order valence-corrected chi connectivity index (χ0v) is 11.5. The fourth-order valence-electron chi connectivity index (χ4n) is 1.88. The Morgan fingerprint density at radius 3 is 2.76 bits per heavy atom. The Morgan fingerprint density at radius 2 is 2.24 bits per heavy atom. The molecule has 1 fully saturated rings. The molecule has 0 saturated heterocycles. The van der Waals surface area contributed by atoms with E-state index < -0.39 is 0 Å². The zero-order valence-electron chi connectivity index (χ0n) is 10.7. The minimum absolute atomic E-state index is 0.293. The van der Waals surface area contributed by atoms with E-state index in [2.05, 4.69) is 16.8 Å². The molecule has 0 radical (unpaired) electrons. The van der Waals surface area contributed by atoms with Gasteiger partial charge in [0.15, 0.2) is 5.13 Å². The van der Waals surface area contributed by atoms with Crippen molar-refractivity contribution < 1.29 is 9.53 Å². The number of esters is 1. The Morgan fingerprint density at radius 1 is 1.59 bits per heavy atom. The van der Waals surface area contributed by atoms with Gasteiger partial charge in [-0.25, -0.2) is 9.78 Å². The number of hydrogen-bond donors (Lipinski definition) is 0. The molecule has 1 aromatic heterocycles. The van der Waals surface area contributed by atoms with Crippen LogP contribution >= 0.6 is 11.3 Å². The molecular weight excluding hydrogens is 236 g/mol. The van der Waals surface area contributed by atoms with Gasteiger partial charge < -0.3 is 9.64 Å². The number of carbonyl (C=O) groups excluding carboxylic acids is 1. The Hall–Kier alpha value is -1.10. The third-order valence-electron chi connectivity index (χ3n) is 3.37. The van der Waals surface area contributed by atoms with Crippen molar-refractivity contribution in [2.45, 2.75) is 32.7 Å². The van der Waals surface area contributed by atoms with Crippen molar-refractivity contribution in [2.24, 2.45) is 5.92 Å². The first-order valence-electron chi connectivity index (χ1n) is 5.83. The van der Waals surface area contributed by atoms with Gasteiger partial charge >= 0.3 is 5.97 Å². The molecule has 0 amide bonds. The first-order chi connectivity index (χ1) is 8.04. The van der Waals surface area contributed by atoms with E-state index in [1.807, 2.05) is 14.0 Å². The number of rotatable bonds is 4. The largest absolute Gasteiger partial charge is 0.465 e. The molecule has 0 bridgehead atoms. The predicted octanol–water partition coefficient (Wildman–Crippen LogP) is 2.47. The van der Waals surface area contributed by atoms with Crippen LogP contribution in [0.2, 0.25) is 0 Å². The van der Waals surface area contributed by atoms with Crippen LogP contribution in [0.3, 0.4) is 0 Å². The average Bonchev–Trinajstić information content (AvgIpc) is 3.09. The maximum Gasteiger partial charge on any atom is 0.350 e. The van der Waals surface area contributed by atoms with Crippen molar-refractivity contribution in [2.75, 3.05) is 19.1 Å². The second-order valence-corrected chi connectivity index (χ2v) is 5.57. The van der Waals surface area contributed by atoms with E-state index in [-0.39, 0.29) is 5.97 Å². The second-order valence-electron chi connectivity index (χ2n) is 4.59. The van der Waals surface area contributed by atoms with E-state index in [0.717, 1.165) is 16.7 Å². The van der Waals surface area contributed by atoms with Crippen molar-refractivity contribution in [3.63, 3.8) is 0 Å². The monoisotopic (exact) mass is 254 g/mol. The molecule has 1 aromatic rings. The van der Waals surface area contributed by atoms with Gasteiger partial charge in [0.2, 0.25) is 0 Å². The van der Waals surface area contributed by atoms with Crippen molar-refractivity contribution in [3.8, 4) is 0 Å². The highest BCUT2D eigenvalue weighted by molar-refractivity contribution is 7.17. The SMILES string of the molecule is COC(=O)c1sc(N(C)C(C)C2CC2)nc1C. The van der Waals surface area contributed by atoms with Gasteiger partial charge in [-0.1, -0.05) is 11.3 Å². The predicted molar refractivity (Wildman–Crippen MR) is 68.8 cm³/mol. The van der Waals surface area contributed by atoms with E-state index >= 15 is 0 Å². The Balaban J connectivity index is 2.18. The number of thiazole rings is 1. The van der Waals surface area contributed by atoms with Crippen molar-refractivity contribution in [3.05, 3.63) is 10.6 Å². The second kappa shape index (κ2) is 4.64. The fourth-order valence-corrected chi connectivity index (χ4v) is 2.92. The summed E-state index contributed by atoms with van der Waals surface area (Å²) < 4.78 is 4.74. The Bertz CT molecular complexity index is 426. The number of aryl methyl sites for hydroxylation is 1. The van der Waals surface area contributed by atoms with E-state index in [9.17, 15) is 4.79 Å². The van der Waals surface area contributed by atoms with Gasteiger partial charge in [-0.05, 0) is 32.6 Å². The summed E-state index contributed by atoms with van der Waals surface area (Å²) in [6.07, 6.45) is 2.61. The van der Waals surface area contributed by atoms with Crippen molar-refractivity contribution in [1.29, 1.82) is 0 Å². The normalized spacial score (nSPS) is 16.7. The van der Waals surface area contributed by atoms with E-state index in [4.69, 9.17) is 4.74 Å². The molecular formula is C12H18N2O2S. The minimum atomic E-state index is -0.293. The molecule has 1 saturated carbocycles. The molecule has 5 heteroatoms. The maximum atomic E-state index is 11.5. The van der Waals surface area contributed by atoms with E-state index in [0.29, 0.717) is 10.9 Å². The lowest BCUT2D eigenvalue weighted by Crippen LogP contribution is -2.30. The lowest BCUT2D eigenvalue weighted by molar-refractivity contribution is 0.0605. The van der Waals surface area contributed by atoms with Crippen LogP contribution in [0.1, 0.15) is 35.1 Å². The zero-order chi connectivity index (χ0) is 12.6.